The topological polar surface area (TPSA) is 46.5 Å². The summed E-state index contributed by atoms with van der Waals surface area (Å²) in [6.07, 6.45) is 1.75. The van der Waals surface area contributed by atoms with Crippen LogP contribution in [-0.4, -0.2) is 23.4 Å². The van der Waals surface area contributed by atoms with Crippen molar-refractivity contribution in [2.24, 2.45) is 0 Å². The first-order valence-corrected chi connectivity index (χ1v) is 10.2. The lowest BCUT2D eigenvalue weighted by atomic mass is 9.80. The Morgan fingerprint density at radius 2 is 1.93 bits per heavy atom. The lowest BCUT2D eigenvalue weighted by Gasteiger charge is -2.30. The van der Waals surface area contributed by atoms with E-state index in [2.05, 4.69) is 0 Å². The summed E-state index contributed by atoms with van der Waals surface area (Å²) in [5, 5.41) is 8.84. The maximum absolute atomic E-state index is 14.7. The van der Waals surface area contributed by atoms with Crippen molar-refractivity contribution in [2.75, 3.05) is 6.61 Å². The van der Waals surface area contributed by atoms with E-state index in [4.69, 9.17) is 9.84 Å². The van der Waals surface area contributed by atoms with E-state index in [9.17, 15) is 13.6 Å². The standard InChI is InChI=1S/C25H28F2O3/c1-16-4-7-19(13-22(16)26)21-10-11-25(3,27)14-20(21)15-30-23-8-5-18(12-17(23)2)6-9-24(28)29/h4-5,7-8,12-13H,6,9-11,14-15H2,1-3H3,(H,28,29). The molecule has 1 aliphatic carbocycles. The predicted molar refractivity (Wildman–Crippen MR) is 114 cm³/mol. The largest absolute Gasteiger partial charge is 0.489 e. The van der Waals surface area contributed by atoms with Crippen LogP contribution in [-0.2, 0) is 11.2 Å². The van der Waals surface area contributed by atoms with Gasteiger partial charge in [0, 0.05) is 12.8 Å². The first-order chi connectivity index (χ1) is 14.1. The molecular weight excluding hydrogens is 386 g/mol. The lowest BCUT2D eigenvalue weighted by molar-refractivity contribution is -0.136. The number of carboxylic acid groups (broad SMARTS) is 1. The highest BCUT2D eigenvalue weighted by molar-refractivity contribution is 5.70. The van der Waals surface area contributed by atoms with Gasteiger partial charge in [0.2, 0.25) is 0 Å². The number of benzene rings is 2. The molecule has 0 bridgehead atoms. The van der Waals surface area contributed by atoms with Crippen LogP contribution >= 0.6 is 0 Å². The quantitative estimate of drug-likeness (QED) is 0.586. The van der Waals surface area contributed by atoms with Gasteiger partial charge >= 0.3 is 5.97 Å². The van der Waals surface area contributed by atoms with Gasteiger partial charge in [-0.05, 0) is 85.6 Å². The Morgan fingerprint density at radius 3 is 2.60 bits per heavy atom. The average molecular weight is 414 g/mol. The summed E-state index contributed by atoms with van der Waals surface area (Å²) in [4.78, 5) is 10.8. The van der Waals surface area contributed by atoms with E-state index in [1.807, 2.05) is 31.2 Å². The van der Waals surface area contributed by atoms with Crippen molar-refractivity contribution in [3.05, 3.63) is 70.0 Å². The van der Waals surface area contributed by atoms with Gasteiger partial charge in [0.1, 0.15) is 23.8 Å². The summed E-state index contributed by atoms with van der Waals surface area (Å²) in [5.41, 5.74) is 3.71. The molecule has 0 saturated heterocycles. The molecule has 2 aromatic carbocycles. The Balaban J connectivity index is 1.81. The molecular formula is C25H28F2O3. The number of alkyl halides is 1. The Kier molecular flexibility index (Phi) is 6.59. The van der Waals surface area contributed by atoms with Crippen molar-refractivity contribution < 1.29 is 23.4 Å². The van der Waals surface area contributed by atoms with E-state index in [0.29, 0.717) is 30.6 Å². The molecule has 0 saturated carbocycles. The molecule has 1 N–H and O–H groups in total. The molecule has 2 aromatic rings. The van der Waals surface area contributed by atoms with Crippen molar-refractivity contribution in [3.63, 3.8) is 0 Å². The molecule has 0 spiro atoms. The molecule has 0 heterocycles. The number of aliphatic carboxylic acids is 1. The Bertz CT molecular complexity index is 976. The van der Waals surface area contributed by atoms with Crippen LogP contribution in [0.5, 0.6) is 5.75 Å². The summed E-state index contributed by atoms with van der Waals surface area (Å²) < 4.78 is 34.9. The Labute approximate surface area is 176 Å². The monoisotopic (exact) mass is 414 g/mol. The second-order valence-electron chi connectivity index (χ2n) is 8.42. The van der Waals surface area contributed by atoms with Gasteiger partial charge in [-0.15, -0.1) is 0 Å². The number of aryl methyl sites for hydroxylation is 3. The first-order valence-electron chi connectivity index (χ1n) is 10.2. The fraction of sp³-hybridized carbons (Fsp3) is 0.400. The van der Waals surface area contributed by atoms with E-state index in [1.165, 1.54) is 6.07 Å². The summed E-state index contributed by atoms with van der Waals surface area (Å²) >= 11 is 0. The SMILES string of the molecule is Cc1ccc(C2=C(COc3ccc(CCC(=O)O)cc3C)CC(C)(F)CC2)cc1F. The predicted octanol–water partition coefficient (Wildman–Crippen LogP) is 6.20. The van der Waals surface area contributed by atoms with Gasteiger partial charge in [-0.2, -0.15) is 0 Å². The zero-order chi connectivity index (χ0) is 21.9. The number of halogens is 2. The lowest BCUT2D eigenvalue weighted by Crippen LogP contribution is -2.25. The van der Waals surface area contributed by atoms with Crippen molar-refractivity contribution in [1.82, 2.24) is 0 Å². The van der Waals surface area contributed by atoms with Crippen LogP contribution in [0, 0.1) is 19.7 Å². The molecule has 0 fully saturated rings. The number of ether oxygens (including phenoxy) is 1. The fourth-order valence-corrected chi connectivity index (χ4v) is 3.91. The summed E-state index contributed by atoms with van der Waals surface area (Å²) in [5.74, 6) is -0.407. The minimum atomic E-state index is -1.30. The third-order valence-corrected chi connectivity index (χ3v) is 5.69. The highest BCUT2D eigenvalue weighted by Gasteiger charge is 2.32. The third-order valence-electron chi connectivity index (χ3n) is 5.69. The van der Waals surface area contributed by atoms with Crippen molar-refractivity contribution in [3.8, 4) is 5.75 Å². The number of allylic oxidation sites excluding steroid dienone is 1. The number of rotatable bonds is 7. The fourth-order valence-electron chi connectivity index (χ4n) is 3.91. The molecule has 1 unspecified atom stereocenters. The van der Waals surface area contributed by atoms with Crippen LogP contribution < -0.4 is 4.74 Å². The number of hydrogen-bond acceptors (Lipinski definition) is 2. The maximum Gasteiger partial charge on any atom is 0.303 e. The Hall–Kier alpha value is -2.69. The number of hydrogen-bond donors (Lipinski definition) is 1. The minimum absolute atomic E-state index is 0.0814. The van der Waals surface area contributed by atoms with Gasteiger partial charge in [-0.3, -0.25) is 4.79 Å². The van der Waals surface area contributed by atoms with Crippen LogP contribution in [0.25, 0.3) is 5.57 Å². The van der Waals surface area contributed by atoms with E-state index in [0.717, 1.165) is 27.8 Å². The van der Waals surface area contributed by atoms with E-state index in [-0.39, 0.29) is 25.3 Å². The van der Waals surface area contributed by atoms with Gasteiger partial charge in [-0.25, -0.2) is 8.78 Å². The molecule has 0 aromatic heterocycles. The van der Waals surface area contributed by atoms with E-state index < -0.39 is 11.6 Å². The first kappa shape index (κ1) is 22.0. The van der Waals surface area contributed by atoms with Gasteiger partial charge in [0.25, 0.3) is 0 Å². The molecule has 1 atom stereocenters. The zero-order valence-corrected chi connectivity index (χ0v) is 17.7. The van der Waals surface area contributed by atoms with Crippen LogP contribution in [0.2, 0.25) is 0 Å². The van der Waals surface area contributed by atoms with Gasteiger partial charge in [-0.1, -0.05) is 24.3 Å². The molecule has 3 nitrogen and oxygen atoms in total. The molecule has 3 rings (SSSR count). The maximum atomic E-state index is 14.7. The van der Waals surface area contributed by atoms with E-state index in [1.54, 1.807) is 19.9 Å². The molecule has 0 radical (unpaired) electrons. The third kappa shape index (κ3) is 5.47. The molecule has 160 valence electrons. The van der Waals surface area contributed by atoms with Crippen molar-refractivity contribution in [1.29, 1.82) is 0 Å². The number of carboxylic acids is 1. The van der Waals surface area contributed by atoms with E-state index >= 15 is 0 Å². The number of carbonyl (C=O) groups is 1. The van der Waals surface area contributed by atoms with Crippen LogP contribution in [0.15, 0.2) is 42.0 Å². The molecule has 5 heteroatoms. The molecule has 1 aliphatic rings. The Morgan fingerprint density at radius 1 is 1.17 bits per heavy atom. The highest BCUT2D eigenvalue weighted by Crippen LogP contribution is 2.40. The van der Waals surface area contributed by atoms with Crippen molar-refractivity contribution in [2.45, 2.75) is 58.5 Å². The summed E-state index contributed by atoms with van der Waals surface area (Å²) in [6, 6.07) is 10.8. The van der Waals surface area contributed by atoms with Gasteiger partial charge < -0.3 is 9.84 Å². The minimum Gasteiger partial charge on any atom is -0.489 e. The van der Waals surface area contributed by atoms with Crippen molar-refractivity contribution >= 4 is 11.5 Å². The average Bonchev–Trinajstić information content (AvgIpc) is 2.67. The smallest absolute Gasteiger partial charge is 0.303 e. The molecule has 0 aliphatic heterocycles. The van der Waals surface area contributed by atoms with Crippen LogP contribution in [0.4, 0.5) is 8.78 Å². The zero-order valence-electron chi connectivity index (χ0n) is 17.7. The van der Waals surface area contributed by atoms with Crippen LogP contribution in [0.3, 0.4) is 0 Å². The normalized spacial score (nSPS) is 19.1. The summed E-state index contributed by atoms with van der Waals surface area (Å²) in [6.45, 7) is 5.46. The molecule has 0 amide bonds. The summed E-state index contributed by atoms with van der Waals surface area (Å²) in [7, 11) is 0. The molecule has 30 heavy (non-hydrogen) atoms. The van der Waals surface area contributed by atoms with Gasteiger partial charge in [0.05, 0.1) is 0 Å². The van der Waals surface area contributed by atoms with Gasteiger partial charge in [0.15, 0.2) is 0 Å². The van der Waals surface area contributed by atoms with Crippen LogP contribution in [0.1, 0.15) is 54.9 Å². The highest BCUT2D eigenvalue weighted by atomic mass is 19.1. The second-order valence-corrected chi connectivity index (χ2v) is 8.42. The second kappa shape index (κ2) is 8.99.